The smallest absolute Gasteiger partial charge is 0.410 e. The SMILES string of the molecule is CC[C@H](C)[C@@H]([C@@H](CC(=O)N1CCC[C@H]1[C@H](OC)[C@@H](C)C(=O)N[C@H](CO)Cc1ccccc1)OC)N(C)C(=O)[C@@H](NC(=O)[C@@H]1[C@@H](C)OC(=O)N1C)C(C)C. The highest BCUT2D eigenvalue weighted by molar-refractivity contribution is 5.93. The first-order chi connectivity index (χ1) is 25.1. The van der Waals surface area contributed by atoms with Gasteiger partial charge in [-0.25, -0.2) is 4.79 Å². The van der Waals surface area contributed by atoms with Gasteiger partial charge in [-0.15, -0.1) is 0 Å². The fourth-order valence-electron chi connectivity index (χ4n) is 7.79. The maximum absolute atomic E-state index is 14.2. The second-order valence-electron chi connectivity index (χ2n) is 15.0. The van der Waals surface area contributed by atoms with Crippen molar-refractivity contribution in [2.45, 2.75) is 122 Å². The normalized spacial score (nSPS) is 22.7. The predicted octanol–water partition coefficient (Wildman–Crippen LogP) is 2.61. The molecule has 0 unspecified atom stereocenters. The van der Waals surface area contributed by atoms with Crippen molar-refractivity contribution in [1.82, 2.24) is 25.3 Å². The van der Waals surface area contributed by atoms with Crippen LogP contribution < -0.4 is 10.6 Å². The van der Waals surface area contributed by atoms with Gasteiger partial charge in [-0.1, -0.05) is 71.4 Å². The van der Waals surface area contributed by atoms with E-state index in [0.29, 0.717) is 25.8 Å². The van der Waals surface area contributed by atoms with Crippen molar-refractivity contribution in [3.63, 3.8) is 0 Å². The average Bonchev–Trinajstić information content (AvgIpc) is 3.72. The molecule has 10 atom stereocenters. The molecule has 5 amide bonds. The van der Waals surface area contributed by atoms with E-state index in [1.165, 1.54) is 19.1 Å². The number of amides is 5. The van der Waals surface area contributed by atoms with Crippen LogP contribution in [0.15, 0.2) is 30.3 Å². The van der Waals surface area contributed by atoms with Gasteiger partial charge in [0, 0.05) is 34.9 Å². The van der Waals surface area contributed by atoms with Gasteiger partial charge in [0.1, 0.15) is 12.1 Å². The van der Waals surface area contributed by atoms with E-state index in [-0.39, 0.29) is 48.6 Å². The van der Waals surface area contributed by atoms with Crippen molar-refractivity contribution < 1.29 is 43.3 Å². The molecule has 0 saturated carbocycles. The summed E-state index contributed by atoms with van der Waals surface area (Å²) in [7, 11) is 6.23. The molecule has 14 nitrogen and oxygen atoms in total. The van der Waals surface area contributed by atoms with Gasteiger partial charge in [-0.3, -0.25) is 24.1 Å². The highest BCUT2D eigenvalue weighted by Crippen LogP contribution is 2.30. The fraction of sp³-hybridized carbons (Fsp3) is 0.718. The van der Waals surface area contributed by atoms with E-state index in [1.807, 2.05) is 58.0 Å². The van der Waals surface area contributed by atoms with Crippen LogP contribution in [-0.4, -0.2) is 140 Å². The Morgan fingerprint density at radius 1 is 1.06 bits per heavy atom. The molecule has 2 saturated heterocycles. The summed E-state index contributed by atoms with van der Waals surface area (Å²) in [4.78, 5) is 71.8. The van der Waals surface area contributed by atoms with E-state index in [1.54, 1.807) is 37.8 Å². The monoisotopic (exact) mass is 745 g/mol. The standard InChI is InChI=1S/C39H63N5O9/c1-11-24(4)33(42(7)38(49)32(23(2)3)41-37(48)34-26(6)53-39(50)43(34)8)30(51-9)21-31(46)44-19-15-18-29(44)35(52-10)25(5)36(47)40-28(22-45)20-27-16-13-12-14-17-27/h12-14,16-17,23-26,28-30,32-35,45H,11,15,18-22H2,1-10H3,(H,40,47)(H,41,48)/t24-,25+,26+,28-,29-,30+,32-,33-,34-,35+/m0/s1. The topological polar surface area (TPSA) is 167 Å². The molecule has 0 bridgehead atoms. The molecule has 1 aromatic carbocycles. The summed E-state index contributed by atoms with van der Waals surface area (Å²) in [5, 5.41) is 15.9. The molecule has 298 valence electrons. The molecule has 0 spiro atoms. The van der Waals surface area contributed by atoms with Crippen molar-refractivity contribution in [1.29, 1.82) is 0 Å². The molecule has 0 aliphatic carbocycles. The zero-order valence-corrected chi connectivity index (χ0v) is 33.2. The van der Waals surface area contributed by atoms with E-state index in [2.05, 4.69) is 10.6 Å². The molecule has 2 heterocycles. The van der Waals surface area contributed by atoms with Crippen molar-refractivity contribution in [2.75, 3.05) is 41.5 Å². The number of aliphatic hydroxyl groups excluding tert-OH is 1. The third-order valence-electron chi connectivity index (χ3n) is 11.1. The number of ether oxygens (including phenoxy) is 3. The van der Waals surface area contributed by atoms with Crippen LogP contribution in [0.3, 0.4) is 0 Å². The number of rotatable bonds is 19. The first-order valence-electron chi connectivity index (χ1n) is 18.9. The summed E-state index contributed by atoms with van der Waals surface area (Å²) in [5.41, 5.74) is 0.995. The Hall–Kier alpha value is -3.75. The van der Waals surface area contributed by atoms with Gasteiger partial charge in [-0.05, 0) is 43.6 Å². The lowest BCUT2D eigenvalue weighted by atomic mass is 9.89. The van der Waals surface area contributed by atoms with Gasteiger partial charge in [0.2, 0.25) is 23.6 Å². The largest absolute Gasteiger partial charge is 0.444 e. The van der Waals surface area contributed by atoms with Crippen LogP contribution in [0, 0.1) is 17.8 Å². The Labute approximate surface area is 315 Å². The lowest BCUT2D eigenvalue weighted by Crippen LogP contribution is -2.59. The zero-order chi connectivity index (χ0) is 39.6. The van der Waals surface area contributed by atoms with Crippen molar-refractivity contribution in [3.8, 4) is 0 Å². The number of hydrogen-bond acceptors (Lipinski definition) is 9. The van der Waals surface area contributed by atoms with Crippen LogP contribution in [0.25, 0.3) is 0 Å². The molecular weight excluding hydrogens is 682 g/mol. The molecule has 0 radical (unpaired) electrons. The summed E-state index contributed by atoms with van der Waals surface area (Å²) in [6, 6.07) is 6.51. The van der Waals surface area contributed by atoms with Gasteiger partial charge >= 0.3 is 6.09 Å². The van der Waals surface area contributed by atoms with Crippen LogP contribution in [0.4, 0.5) is 4.79 Å². The Morgan fingerprint density at radius 2 is 1.72 bits per heavy atom. The van der Waals surface area contributed by atoms with E-state index in [4.69, 9.17) is 14.2 Å². The van der Waals surface area contributed by atoms with E-state index in [9.17, 15) is 29.1 Å². The lowest BCUT2D eigenvalue weighted by Gasteiger charge is -2.41. The minimum atomic E-state index is -0.903. The van der Waals surface area contributed by atoms with Gasteiger partial charge in [0.05, 0.1) is 49.3 Å². The number of likely N-dealkylation sites (tertiary alicyclic amines) is 1. The van der Waals surface area contributed by atoms with Crippen molar-refractivity contribution >= 4 is 29.7 Å². The molecule has 2 aliphatic rings. The average molecular weight is 746 g/mol. The molecule has 2 fully saturated rings. The predicted molar refractivity (Wildman–Crippen MR) is 200 cm³/mol. The fourth-order valence-corrected chi connectivity index (χ4v) is 7.79. The first kappa shape index (κ1) is 43.7. The Balaban J connectivity index is 1.75. The number of likely N-dealkylation sites (N-methyl/N-ethyl adjacent to an activating group) is 2. The third-order valence-corrected chi connectivity index (χ3v) is 11.1. The molecule has 53 heavy (non-hydrogen) atoms. The van der Waals surface area contributed by atoms with E-state index >= 15 is 0 Å². The number of carbonyl (C=O) groups is 5. The van der Waals surface area contributed by atoms with Gasteiger partial charge < -0.3 is 39.8 Å². The van der Waals surface area contributed by atoms with E-state index < -0.39 is 60.4 Å². The molecule has 3 rings (SSSR count). The maximum Gasteiger partial charge on any atom is 0.410 e. The van der Waals surface area contributed by atoms with E-state index in [0.717, 1.165) is 12.0 Å². The minimum Gasteiger partial charge on any atom is -0.444 e. The maximum atomic E-state index is 14.2. The van der Waals surface area contributed by atoms with Crippen LogP contribution >= 0.6 is 0 Å². The molecular formula is C39H63N5O9. The second kappa shape index (κ2) is 20.1. The highest BCUT2D eigenvalue weighted by Gasteiger charge is 2.45. The third kappa shape index (κ3) is 10.7. The van der Waals surface area contributed by atoms with Gasteiger partial charge in [0.15, 0.2) is 6.04 Å². The number of carbonyl (C=O) groups excluding carboxylic acids is 5. The first-order valence-corrected chi connectivity index (χ1v) is 18.9. The Morgan fingerprint density at radius 3 is 2.25 bits per heavy atom. The van der Waals surface area contributed by atoms with Crippen LogP contribution in [0.1, 0.15) is 72.8 Å². The molecule has 3 N–H and O–H groups in total. The molecule has 14 heteroatoms. The lowest BCUT2D eigenvalue weighted by molar-refractivity contribution is -0.148. The van der Waals surface area contributed by atoms with Crippen LogP contribution in [0.5, 0.6) is 0 Å². The van der Waals surface area contributed by atoms with Crippen molar-refractivity contribution in [2.24, 2.45) is 17.8 Å². The number of methoxy groups -OCH3 is 2. The summed E-state index contributed by atoms with van der Waals surface area (Å²) < 4.78 is 17.1. The summed E-state index contributed by atoms with van der Waals surface area (Å²) in [6.07, 6.45) is 0.0172. The number of benzene rings is 1. The minimum absolute atomic E-state index is 0.0111. The number of nitrogens with one attached hydrogen (secondary N) is 2. The number of cyclic esters (lactones) is 1. The zero-order valence-electron chi connectivity index (χ0n) is 33.2. The molecule has 0 aromatic heterocycles. The molecule has 1 aromatic rings. The summed E-state index contributed by atoms with van der Waals surface area (Å²) >= 11 is 0. The summed E-state index contributed by atoms with van der Waals surface area (Å²) in [6.45, 7) is 11.4. The number of aliphatic hydroxyl groups is 1. The summed E-state index contributed by atoms with van der Waals surface area (Å²) in [5.74, 6) is -2.22. The Bertz CT molecular complexity index is 1380. The number of nitrogens with zero attached hydrogens (tertiary/aromatic N) is 3. The molecule has 2 aliphatic heterocycles. The number of hydrogen-bond donors (Lipinski definition) is 3. The van der Waals surface area contributed by atoms with Crippen LogP contribution in [0.2, 0.25) is 0 Å². The quantitative estimate of drug-likeness (QED) is 0.193. The second-order valence-corrected chi connectivity index (χ2v) is 15.0. The van der Waals surface area contributed by atoms with Gasteiger partial charge in [-0.2, -0.15) is 0 Å². The highest BCUT2D eigenvalue weighted by atomic mass is 16.6. The van der Waals surface area contributed by atoms with Gasteiger partial charge in [0.25, 0.3) is 0 Å². The Kier molecular flexibility index (Phi) is 16.5. The van der Waals surface area contributed by atoms with Crippen molar-refractivity contribution in [3.05, 3.63) is 35.9 Å². The van der Waals surface area contributed by atoms with Crippen LogP contribution in [-0.2, 0) is 39.8 Å².